The van der Waals surface area contributed by atoms with Gasteiger partial charge in [0.1, 0.15) is 0 Å². The molecule has 0 radical (unpaired) electrons. The van der Waals surface area contributed by atoms with Crippen molar-refractivity contribution >= 4 is 0 Å². The summed E-state index contributed by atoms with van der Waals surface area (Å²) in [5.41, 5.74) is 0. The van der Waals surface area contributed by atoms with Gasteiger partial charge in [0.2, 0.25) is 0 Å². The standard InChI is InChI=1S/C4F10.C4H8/c5-1(6,3(9,10)11)2(7,8)4(12,13)14;1-2-4-3-1/h;1-4H2. The Morgan fingerprint density at radius 3 is 0.611 bits per heavy atom. The summed E-state index contributed by atoms with van der Waals surface area (Å²) in [7, 11) is 0. The highest BCUT2D eigenvalue weighted by molar-refractivity contribution is 4.95. The van der Waals surface area contributed by atoms with Gasteiger partial charge >= 0.3 is 24.2 Å². The molecule has 0 saturated heterocycles. The largest absolute Gasteiger partial charge is 0.460 e. The molecule has 0 bridgehead atoms. The predicted molar refractivity (Wildman–Crippen MR) is 40.5 cm³/mol. The summed E-state index contributed by atoms with van der Waals surface area (Å²) in [5.74, 6) is -14.3. The molecule has 0 heterocycles. The van der Waals surface area contributed by atoms with E-state index in [2.05, 4.69) is 0 Å². The van der Waals surface area contributed by atoms with Crippen molar-refractivity contribution in [2.75, 3.05) is 0 Å². The second kappa shape index (κ2) is 5.12. The average Bonchev–Trinajstić information content (AvgIpc) is 1.95. The van der Waals surface area contributed by atoms with E-state index in [1.165, 1.54) is 25.7 Å². The lowest BCUT2D eigenvalue weighted by Crippen LogP contribution is -2.59. The van der Waals surface area contributed by atoms with Crippen LogP contribution in [0.2, 0.25) is 0 Å². The molecule has 0 atom stereocenters. The number of alkyl halides is 10. The molecule has 1 fully saturated rings. The zero-order valence-corrected chi connectivity index (χ0v) is 8.61. The first-order chi connectivity index (χ1) is 7.75. The zero-order chi connectivity index (χ0) is 14.8. The average molecular weight is 294 g/mol. The maximum Gasteiger partial charge on any atom is 0.460 e. The summed E-state index contributed by atoms with van der Waals surface area (Å²) in [6.45, 7) is 0. The molecule has 0 aromatic rings. The van der Waals surface area contributed by atoms with Gasteiger partial charge in [-0.2, -0.15) is 43.9 Å². The van der Waals surface area contributed by atoms with Crippen LogP contribution in [-0.4, -0.2) is 24.2 Å². The minimum atomic E-state index is -7.14. The molecule has 1 aliphatic rings. The van der Waals surface area contributed by atoms with Gasteiger partial charge in [-0.25, -0.2) is 0 Å². The Morgan fingerprint density at radius 2 is 0.556 bits per heavy atom. The smallest absolute Gasteiger partial charge is 0.189 e. The molecule has 110 valence electrons. The van der Waals surface area contributed by atoms with Crippen LogP contribution in [0.25, 0.3) is 0 Å². The summed E-state index contributed by atoms with van der Waals surface area (Å²) in [6, 6.07) is 0. The van der Waals surface area contributed by atoms with E-state index < -0.39 is 24.2 Å². The highest BCUT2D eigenvalue weighted by atomic mass is 19.4. The quantitative estimate of drug-likeness (QED) is 0.601. The van der Waals surface area contributed by atoms with Crippen LogP contribution in [0.4, 0.5) is 43.9 Å². The molecule has 0 spiro atoms. The van der Waals surface area contributed by atoms with E-state index in [9.17, 15) is 43.9 Å². The van der Waals surface area contributed by atoms with Gasteiger partial charge in [-0.05, 0) is 0 Å². The predicted octanol–water partition coefficient (Wildman–Crippen LogP) is 4.94. The van der Waals surface area contributed by atoms with Gasteiger partial charge < -0.3 is 0 Å². The summed E-state index contributed by atoms with van der Waals surface area (Å²) in [4.78, 5) is 0. The Bertz CT molecular complexity index is 228. The van der Waals surface area contributed by atoms with Crippen molar-refractivity contribution < 1.29 is 43.9 Å². The van der Waals surface area contributed by atoms with Crippen LogP contribution in [0.3, 0.4) is 0 Å². The van der Waals surface area contributed by atoms with Crippen LogP contribution in [0.5, 0.6) is 0 Å². The van der Waals surface area contributed by atoms with E-state index in [1.807, 2.05) is 0 Å². The van der Waals surface area contributed by atoms with Gasteiger partial charge in [-0.15, -0.1) is 0 Å². The third-order valence-electron chi connectivity index (χ3n) is 2.11. The molecule has 0 N–H and O–H groups in total. The molecule has 0 nitrogen and oxygen atoms in total. The second-order valence-electron chi connectivity index (χ2n) is 3.56. The molecule has 0 aromatic carbocycles. The first-order valence-corrected chi connectivity index (χ1v) is 4.64. The summed E-state index contributed by atoms with van der Waals surface area (Å²) in [5, 5.41) is 0. The Kier molecular flexibility index (Phi) is 4.92. The third-order valence-corrected chi connectivity index (χ3v) is 2.11. The first kappa shape index (κ1) is 17.3. The fourth-order valence-corrected chi connectivity index (χ4v) is 0.606. The Labute approximate surface area is 94.9 Å². The van der Waals surface area contributed by atoms with Crippen molar-refractivity contribution in [1.82, 2.24) is 0 Å². The Balaban J connectivity index is 0.000000601. The van der Waals surface area contributed by atoms with Crippen LogP contribution >= 0.6 is 0 Å². The molecule has 18 heavy (non-hydrogen) atoms. The monoisotopic (exact) mass is 294 g/mol. The molecule has 0 unspecified atom stereocenters. The van der Waals surface area contributed by atoms with Crippen LogP contribution in [-0.2, 0) is 0 Å². The van der Waals surface area contributed by atoms with Gasteiger partial charge in [0.15, 0.2) is 0 Å². The number of halogens is 10. The topological polar surface area (TPSA) is 0 Å². The van der Waals surface area contributed by atoms with E-state index in [0.29, 0.717) is 0 Å². The Hall–Kier alpha value is -0.700. The van der Waals surface area contributed by atoms with E-state index in [4.69, 9.17) is 0 Å². The molecular weight excluding hydrogens is 286 g/mol. The van der Waals surface area contributed by atoms with Crippen molar-refractivity contribution in [2.24, 2.45) is 0 Å². The van der Waals surface area contributed by atoms with E-state index in [0.717, 1.165) is 0 Å². The van der Waals surface area contributed by atoms with Gasteiger partial charge in [0, 0.05) is 0 Å². The highest BCUT2D eigenvalue weighted by Gasteiger charge is 2.82. The SMILES string of the molecule is C1CCC1.FC(F)(F)C(F)(F)C(F)(F)C(F)(F)F. The molecule has 0 aromatic heterocycles. The van der Waals surface area contributed by atoms with Crippen molar-refractivity contribution in [2.45, 2.75) is 49.9 Å². The number of rotatable bonds is 1. The fourth-order valence-electron chi connectivity index (χ4n) is 0.606. The van der Waals surface area contributed by atoms with E-state index >= 15 is 0 Å². The van der Waals surface area contributed by atoms with Crippen LogP contribution in [0.15, 0.2) is 0 Å². The van der Waals surface area contributed by atoms with Gasteiger partial charge in [-0.3, -0.25) is 0 Å². The molecule has 1 aliphatic carbocycles. The molecule has 10 heteroatoms. The summed E-state index contributed by atoms with van der Waals surface area (Å²) < 4.78 is 113. The fraction of sp³-hybridized carbons (Fsp3) is 1.00. The maximum absolute atomic E-state index is 11.6. The minimum Gasteiger partial charge on any atom is -0.189 e. The molecule has 1 rings (SSSR count). The van der Waals surface area contributed by atoms with Gasteiger partial charge in [0.25, 0.3) is 0 Å². The lowest BCUT2D eigenvalue weighted by Gasteiger charge is -2.29. The zero-order valence-electron chi connectivity index (χ0n) is 8.61. The summed E-state index contributed by atoms with van der Waals surface area (Å²) >= 11 is 0. The second-order valence-corrected chi connectivity index (χ2v) is 3.56. The minimum absolute atomic E-state index is 1.50. The van der Waals surface area contributed by atoms with Crippen molar-refractivity contribution in [3.8, 4) is 0 Å². The molecular formula is C8H8F10. The maximum atomic E-state index is 11.6. The summed E-state index contributed by atoms with van der Waals surface area (Å²) in [6.07, 6.45) is -7.93. The van der Waals surface area contributed by atoms with Crippen LogP contribution < -0.4 is 0 Å². The van der Waals surface area contributed by atoms with E-state index in [1.54, 1.807) is 0 Å². The normalized spacial score (nSPS) is 17.7. The van der Waals surface area contributed by atoms with Gasteiger partial charge in [0.05, 0.1) is 0 Å². The van der Waals surface area contributed by atoms with Crippen LogP contribution in [0.1, 0.15) is 25.7 Å². The number of hydrogen-bond acceptors (Lipinski definition) is 0. The number of hydrogen-bond donors (Lipinski definition) is 0. The Morgan fingerprint density at radius 1 is 0.389 bits per heavy atom. The lowest BCUT2D eigenvalue weighted by atomic mass is 10.0. The lowest BCUT2D eigenvalue weighted by molar-refractivity contribution is -0.419. The van der Waals surface area contributed by atoms with Crippen LogP contribution in [0, 0.1) is 0 Å². The van der Waals surface area contributed by atoms with Gasteiger partial charge in [-0.1, -0.05) is 25.7 Å². The first-order valence-electron chi connectivity index (χ1n) is 4.64. The highest BCUT2D eigenvalue weighted by Crippen LogP contribution is 2.53. The van der Waals surface area contributed by atoms with Crippen molar-refractivity contribution in [1.29, 1.82) is 0 Å². The molecule has 0 amide bonds. The van der Waals surface area contributed by atoms with Crippen molar-refractivity contribution in [3.05, 3.63) is 0 Å². The van der Waals surface area contributed by atoms with E-state index in [-0.39, 0.29) is 0 Å². The third kappa shape index (κ3) is 3.41. The molecule has 0 aliphatic heterocycles. The molecule has 1 saturated carbocycles. The van der Waals surface area contributed by atoms with Crippen molar-refractivity contribution in [3.63, 3.8) is 0 Å².